The van der Waals surface area contributed by atoms with Gasteiger partial charge in [-0.3, -0.25) is 0 Å². The monoisotopic (exact) mass is 245 g/mol. The summed E-state index contributed by atoms with van der Waals surface area (Å²) in [6.45, 7) is 2.55. The minimum Gasteiger partial charge on any atom is -0.497 e. The molecule has 0 amide bonds. The Morgan fingerprint density at radius 2 is 2.11 bits per heavy atom. The molecule has 0 fully saturated rings. The summed E-state index contributed by atoms with van der Waals surface area (Å²) in [6.07, 6.45) is 1.85. The van der Waals surface area contributed by atoms with Crippen molar-refractivity contribution in [2.75, 3.05) is 7.11 Å². The Bertz CT molecular complexity index is 572. The standard InChI is InChI=1S/C14H15NO3/c1-3-15-9-11(8-13(15)14(16)17)10-5-4-6-12(7-10)18-2/h4-9H,3H2,1-2H3,(H,16,17). The average molecular weight is 245 g/mol. The number of aromatic nitrogens is 1. The fourth-order valence-electron chi connectivity index (χ4n) is 1.91. The molecule has 0 aliphatic rings. The molecule has 4 nitrogen and oxygen atoms in total. The van der Waals surface area contributed by atoms with Gasteiger partial charge in [-0.2, -0.15) is 0 Å². The third kappa shape index (κ3) is 2.22. The van der Waals surface area contributed by atoms with Crippen molar-refractivity contribution in [3.8, 4) is 16.9 Å². The highest BCUT2D eigenvalue weighted by Gasteiger charge is 2.12. The van der Waals surface area contributed by atoms with Crippen molar-refractivity contribution < 1.29 is 14.6 Å². The Morgan fingerprint density at radius 3 is 2.67 bits per heavy atom. The number of aryl methyl sites for hydroxylation is 1. The van der Waals surface area contributed by atoms with Crippen LogP contribution in [0.15, 0.2) is 36.5 Å². The highest BCUT2D eigenvalue weighted by Crippen LogP contribution is 2.25. The highest BCUT2D eigenvalue weighted by molar-refractivity contribution is 5.88. The quantitative estimate of drug-likeness (QED) is 0.901. The van der Waals surface area contributed by atoms with Gasteiger partial charge in [-0.15, -0.1) is 0 Å². The van der Waals surface area contributed by atoms with Crippen LogP contribution >= 0.6 is 0 Å². The van der Waals surface area contributed by atoms with Gasteiger partial charge in [0.15, 0.2) is 0 Å². The second-order valence-corrected chi connectivity index (χ2v) is 3.94. The zero-order chi connectivity index (χ0) is 13.1. The number of benzene rings is 1. The molecule has 0 unspecified atom stereocenters. The molecular weight excluding hydrogens is 230 g/mol. The van der Waals surface area contributed by atoms with Crippen LogP contribution in [0.4, 0.5) is 0 Å². The molecule has 2 rings (SSSR count). The van der Waals surface area contributed by atoms with E-state index in [0.29, 0.717) is 12.2 Å². The van der Waals surface area contributed by atoms with E-state index in [9.17, 15) is 4.79 Å². The lowest BCUT2D eigenvalue weighted by atomic mass is 10.1. The first-order chi connectivity index (χ1) is 8.65. The smallest absolute Gasteiger partial charge is 0.352 e. The fourth-order valence-corrected chi connectivity index (χ4v) is 1.91. The molecule has 0 atom stereocenters. The predicted octanol–water partition coefficient (Wildman–Crippen LogP) is 2.88. The number of aromatic carboxylic acids is 1. The maximum atomic E-state index is 11.1. The van der Waals surface area contributed by atoms with E-state index >= 15 is 0 Å². The first kappa shape index (κ1) is 12.2. The molecule has 0 bridgehead atoms. The Balaban J connectivity index is 2.47. The van der Waals surface area contributed by atoms with Crippen LogP contribution in [-0.4, -0.2) is 22.8 Å². The van der Waals surface area contributed by atoms with Crippen molar-refractivity contribution in [2.24, 2.45) is 0 Å². The number of rotatable bonds is 4. The summed E-state index contributed by atoms with van der Waals surface area (Å²) < 4.78 is 6.88. The maximum absolute atomic E-state index is 11.1. The molecule has 1 aromatic carbocycles. The molecule has 1 aromatic heterocycles. The summed E-state index contributed by atoms with van der Waals surface area (Å²) in [5.74, 6) is -0.153. The third-order valence-electron chi connectivity index (χ3n) is 2.86. The lowest BCUT2D eigenvalue weighted by Crippen LogP contribution is -2.05. The van der Waals surface area contributed by atoms with Gasteiger partial charge in [-0.25, -0.2) is 4.79 Å². The molecule has 0 aliphatic heterocycles. The molecule has 2 aromatic rings. The van der Waals surface area contributed by atoms with E-state index in [4.69, 9.17) is 9.84 Å². The van der Waals surface area contributed by atoms with Gasteiger partial charge in [-0.05, 0) is 30.7 Å². The van der Waals surface area contributed by atoms with Crippen LogP contribution in [0.3, 0.4) is 0 Å². The van der Waals surface area contributed by atoms with Crippen LogP contribution in [0.1, 0.15) is 17.4 Å². The van der Waals surface area contributed by atoms with Crippen molar-refractivity contribution >= 4 is 5.97 Å². The largest absolute Gasteiger partial charge is 0.497 e. The molecule has 0 saturated carbocycles. The van der Waals surface area contributed by atoms with Crippen molar-refractivity contribution in [3.63, 3.8) is 0 Å². The SMILES string of the molecule is CCn1cc(-c2cccc(OC)c2)cc1C(=O)O. The van der Waals surface area contributed by atoms with Gasteiger partial charge in [0.1, 0.15) is 11.4 Å². The minimum absolute atomic E-state index is 0.301. The van der Waals surface area contributed by atoms with Crippen LogP contribution in [0.5, 0.6) is 5.75 Å². The second kappa shape index (κ2) is 4.96. The molecule has 1 heterocycles. The zero-order valence-electron chi connectivity index (χ0n) is 10.4. The van der Waals surface area contributed by atoms with E-state index in [1.54, 1.807) is 17.7 Å². The molecule has 0 saturated heterocycles. The lowest BCUT2D eigenvalue weighted by Gasteiger charge is -2.02. The summed E-state index contributed by atoms with van der Waals surface area (Å²) in [7, 11) is 1.61. The summed E-state index contributed by atoms with van der Waals surface area (Å²) in [4.78, 5) is 11.1. The molecule has 1 N–H and O–H groups in total. The topological polar surface area (TPSA) is 51.5 Å². The maximum Gasteiger partial charge on any atom is 0.352 e. The van der Waals surface area contributed by atoms with Crippen LogP contribution in [-0.2, 0) is 6.54 Å². The third-order valence-corrected chi connectivity index (χ3v) is 2.86. The number of nitrogens with zero attached hydrogens (tertiary/aromatic N) is 1. The van der Waals surface area contributed by atoms with E-state index < -0.39 is 5.97 Å². The zero-order valence-corrected chi connectivity index (χ0v) is 10.4. The van der Waals surface area contributed by atoms with Gasteiger partial charge in [0, 0.05) is 18.3 Å². The number of hydrogen-bond donors (Lipinski definition) is 1. The minimum atomic E-state index is -0.911. The van der Waals surface area contributed by atoms with Gasteiger partial charge >= 0.3 is 5.97 Å². The van der Waals surface area contributed by atoms with Gasteiger partial charge < -0.3 is 14.4 Å². The van der Waals surface area contributed by atoms with Crippen molar-refractivity contribution in [3.05, 3.63) is 42.2 Å². The average Bonchev–Trinajstić information content (AvgIpc) is 2.83. The summed E-state index contributed by atoms with van der Waals surface area (Å²) >= 11 is 0. The Hall–Kier alpha value is -2.23. The highest BCUT2D eigenvalue weighted by atomic mass is 16.5. The Morgan fingerprint density at radius 1 is 1.33 bits per heavy atom. The van der Waals surface area contributed by atoms with E-state index in [-0.39, 0.29) is 0 Å². The number of carboxylic acid groups (broad SMARTS) is 1. The second-order valence-electron chi connectivity index (χ2n) is 3.94. The molecule has 0 radical (unpaired) electrons. The number of carbonyl (C=O) groups is 1. The van der Waals surface area contributed by atoms with Gasteiger partial charge in [0.05, 0.1) is 7.11 Å². The number of methoxy groups -OCH3 is 1. The molecule has 18 heavy (non-hydrogen) atoms. The molecule has 94 valence electrons. The summed E-state index contributed by atoms with van der Waals surface area (Å²) in [5, 5.41) is 9.11. The van der Waals surface area contributed by atoms with E-state index in [1.165, 1.54) is 0 Å². The molecular formula is C14H15NO3. The van der Waals surface area contributed by atoms with Crippen molar-refractivity contribution in [1.29, 1.82) is 0 Å². The van der Waals surface area contributed by atoms with Crippen molar-refractivity contribution in [1.82, 2.24) is 4.57 Å². The van der Waals surface area contributed by atoms with Gasteiger partial charge in [0.25, 0.3) is 0 Å². The van der Waals surface area contributed by atoms with Crippen LogP contribution < -0.4 is 4.74 Å². The van der Waals surface area contributed by atoms with Gasteiger partial charge in [0.2, 0.25) is 0 Å². The molecule has 0 aliphatic carbocycles. The van der Waals surface area contributed by atoms with Gasteiger partial charge in [-0.1, -0.05) is 12.1 Å². The normalized spacial score (nSPS) is 10.3. The first-order valence-corrected chi connectivity index (χ1v) is 5.73. The fraction of sp³-hybridized carbons (Fsp3) is 0.214. The van der Waals surface area contributed by atoms with Crippen LogP contribution in [0.25, 0.3) is 11.1 Å². The van der Waals surface area contributed by atoms with E-state index in [2.05, 4.69) is 0 Å². The predicted molar refractivity (Wildman–Crippen MR) is 69.1 cm³/mol. The van der Waals surface area contributed by atoms with E-state index in [0.717, 1.165) is 16.9 Å². The number of carboxylic acids is 1. The Kier molecular flexibility index (Phi) is 3.37. The molecule has 4 heteroatoms. The van der Waals surface area contributed by atoms with Crippen LogP contribution in [0.2, 0.25) is 0 Å². The Labute approximate surface area is 105 Å². The van der Waals surface area contributed by atoms with E-state index in [1.807, 2.05) is 37.4 Å². The lowest BCUT2D eigenvalue weighted by molar-refractivity contribution is 0.0685. The summed E-state index contributed by atoms with van der Waals surface area (Å²) in [6, 6.07) is 9.25. The number of ether oxygens (including phenoxy) is 1. The number of hydrogen-bond acceptors (Lipinski definition) is 2. The molecule has 0 spiro atoms. The first-order valence-electron chi connectivity index (χ1n) is 5.73. The van der Waals surface area contributed by atoms with Crippen molar-refractivity contribution in [2.45, 2.75) is 13.5 Å². The summed E-state index contributed by atoms with van der Waals surface area (Å²) in [5.41, 5.74) is 2.13. The van der Waals surface area contributed by atoms with Crippen LogP contribution in [0, 0.1) is 0 Å².